The van der Waals surface area contributed by atoms with Crippen LogP contribution < -0.4 is 0 Å². The van der Waals surface area contributed by atoms with Crippen LogP contribution in [0.3, 0.4) is 0 Å². The first-order valence-corrected chi connectivity index (χ1v) is 44.5. The number of unbranched alkanes of at least 4 members (excludes halogenated alkanes) is 48. The number of aliphatic hydroxyl groups excluding tert-OH is 1. The van der Waals surface area contributed by atoms with E-state index in [1.165, 1.54) is 231 Å². The van der Waals surface area contributed by atoms with E-state index in [0.29, 0.717) is 25.7 Å². The van der Waals surface area contributed by atoms with Gasteiger partial charge in [-0.2, -0.15) is 0 Å². The van der Waals surface area contributed by atoms with E-state index in [-0.39, 0.29) is 25.7 Å². The minimum Gasteiger partial charge on any atom is -0.462 e. The zero-order valence-electron chi connectivity index (χ0n) is 64.8. The topological polar surface area (TPSA) is 237 Å². The van der Waals surface area contributed by atoms with Gasteiger partial charge in [-0.05, 0) is 37.5 Å². The average molecular weight is 1450 g/mol. The minimum absolute atomic E-state index is 0.107. The number of rotatable bonds is 79. The lowest BCUT2D eigenvalue weighted by Crippen LogP contribution is -2.30. The first-order chi connectivity index (χ1) is 47.9. The summed E-state index contributed by atoms with van der Waals surface area (Å²) in [6, 6.07) is 0. The molecular formula is C80H156O17P2. The summed E-state index contributed by atoms with van der Waals surface area (Å²) in [6.07, 6.45) is 61.1. The highest BCUT2D eigenvalue weighted by molar-refractivity contribution is 7.47. The standard InChI is InChI=1S/C80H156O17P2/c1-7-10-12-14-16-18-20-22-23-24-25-26-27-28-33-37-41-45-53-59-65-80(85)96-75(68-90-77(82)62-56-50-43-39-36-32-30-29-31-34-38-42-48-54-60-72(4)5)70-94-98(86,87)92-66-74(81)67-93-99(88,89)95-71-76(69-91-78(83)63-57-51-47-46-49-55-61-73(6)9-3)97-79(84)64-58-52-44-40-35-21-19-17-15-13-11-8-2/h72-76,81H,7-71H2,1-6H3,(H,86,87)(H,88,89)/t73?,74-,75-,76-/m1/s1. The minimum atomic E-state index is -4.96. The molecule has 0 rings (SSSR count). The molecule has 0 bridgehead atoms. The Morgan fingerprint density at radius 1 is 0.293 bits per heavy atom. The van der Waals surface area contributed by atoms with Crippen molar-refractivity contribution in [2.45, 2.75) is 439 Å². The van der Waals surface area contributed by atoms with Crippen molar-refractivity contribution >= 4 is 39.5 Å². The predicted octanol–water partition coefficient (Wildman–Crippen LogP) is 23.9. The molecule has 0 aliphatic carbocycles. The van der Waals surface area contributed by atoms with Gasteiger partial charge in [-0.3, -0.25) is 37.3 Å². The molecule has 19 heteroatoms. The molecule has 0 heterocycles. The fourth-order valence-corrected chi connectivity index (χ4v) is 13.9. The van der Waals surface area contributed by atoms with Crippen molar-refractivity contribution in [1.82, 2.24) is 0 Å². The number of phosphoric acid groups is 2. The van der Waals surface area contributed by atoms with Crippen LogP contribution in [0.4, 0.5) is 0 Å². The van der Waals surface area contributed by atoms with E-state index in [0.717, 1.165) is 108 Å². The van der Waals surface area contributed by atoms with E-state index in [1.54, 1.807) is 0 Å². The average Bonchev–Trinajstić information content (AvgIpc) is 1.08. The van der Waals surface area contributed by atoms with Crippen LogP contribution >= 0.6 is 15.6 Å². The van der Waals surface area contributed by atoms with Crippen LogP contribution in [0, 0.1) is 11.8 Å². The van der Waals surface area contributed by atoms with Crippen molar-refractivity contribution in [3.63, 3.8) is 0 Å². The number of hydrogen-bond donors (Lipinski definition) is 3. The van der Waals surface area contributed by atoms with E-state index < -0.39 is 97.5 Å². The highest BCUT2D eigenvalue weighted by atomic mass is 31.2. The molecule has 0 aliphatic heterocycles. The normalized spacial score (nSPS) is 14.2. The molecule has 0 radical (unpaired) electrons. The van der Waals surface area contributed by atoms with Gasteiger partial charge in [-0.1, -0.05) is 369 Å². The molecule has 3 unspecified atom stereocenters. The predicted molar refractivity (Wildman–Crippen MR) is 405 cm³/mol. The molecule has 0 spiro atoms. The quantitative estimate of drug-likeness (QED) is 0.0222. The molecule has 0 saturated carbocycles. The summed E-state index contributed by atoms with van der Waals surface area (Å²) in [5, 5.41) is 10.6. The second-order valence-corrected chi connectivity index (χ2v) is 32.4. The molecule has 0 aliphatic rings. The second kappa shape index (κ2) is 71.7. The Morgan fingerprint density at radius 2 is 0.515 bits per heavy atom. The maximum absolute atomic E-state index is 13.1. The molecule has 0 aromatic carbocycles. The van der Waals surface area contributed by atoms with E-state index in [2.05, 4.69) is 41.5 Å². The van der Waals surface area contributed by atoms with Crippen LogP contribution in [0.5, 0.6) is 0 Å². The first-order valence-electron chi connectivity index (χ1n) is 41.5. The van der Waals surface area contributed by atoms with Crippen molar-refractivity contribution in [1.29, 1.82) is 0 Å². The zero-order chi connectivity index (χ0) is 72.8. The molecule has 0 saturated heterocycles. The fourth-order valence-electron chi connectivity index (χ4n) is 12.3. The van der Waals surface area contributed by atoms with Gasteiger partial charge < -0.3 is 33.8 Å². The molecule has 0 aromatic heterocycles. The van der Waals surface area contributed by atoms with Gasteiger partial charge >= 0.3 is 39.5 Å². The summed E-state index contributed by atoms with van der Waals surface area (Å²) in [7, 11) is -9.92. The van der Waals surface area contributed by atoms with Crippen molar-refractivity contribution in [3.8, 4) is 0 Å². The molecule has 0 aromatic rings. The summed E-state index contributed by atoms with van der Waals surface area (Å²) in [5.74, 6) is -0.580. The van der Waals surface area contributed by atoms with Crippen LogP contribution in [0.1, 0.15) is 420 Å². The summed E-state index contributed by atoms with van der Waals surface area (Å²) >= 11 is 0. The molecule has 17 nitrogen and oxygen atoms in total. The number of hydrogen-bond acceptors (Lipinski definition) is 15. The van der Waals surface area contributed by atoms with Crippen LogP contribution in [-0.4, -0.2) is 96.7 Å². The number of carbonyl (C=O) groups is 4. The summed E-state index contributed by atoms with van der Waals surface area (Å²) in [5.41, 5.74) is 0. The smallest absolute Gasteiger partial charge is 0.462 e. The van der Waals surface area contributed by atoms with E-state index in [1.807, 2.05) is 0 Å². The fraction of sp³-hybridized carbons (Fsp3) is 0.950. The van der Waals surface area contributed by atoms with Gasteiger partial charge in [0.1, 0.15) is 19.3 Å². The highest BCUT2D eigenvalue weighted by Gasteiger charge is 2.30. The third kappa shape index (κ3) is 72.8. The molecule has 99 heavy (non-hydrogen) atoms. The number of esters is 4. The Kier molecular flexibility index (Phi) is 70.3. The number of carbonyl (C=O) groups excluding carboxylic acids is 4. The lowest BCUT2D eigenvalue weighted by atomic mass is 10.00. The Morgan fingerprint density at radius 3 is 0.768 bits per heavy atom. The van der Waals surface area contributed by atoms with Crippen LogP contribution in [0.15, 0.2) is 0 Å². The molecule has 3 N–H and O–H groups in total. The van der Waals surface area contributed by atoms with Gasteiger partial charge in [0.05, 0.1) is 26.4 Å². The number of ether oxygens (including phenoxy) is 4. The zero-order valence-corrected chi connectivity index (χ0v) is 66.6. The van der Waals surface area contributed by atoms with Gasteiger partial charge in [-0.15, -0.1) is 0 Å². The second-order valence-electron chi connectivity index (χ2n) is 29.5. The maximum atomic E-state index is 13.1. The van der Waals surface area contributed by atoms with Crippen LogP contribution in [-0.2, 0) is 65.4 Å². The largest absolute Gasteiger partial charge is 0.472 e. The SMILES string of the molecule is CCCCCCCCCCCCCCCCCCCCCCC(=O)O[C@H](COC(=O)CCCCCCCCCCCCCCCCC(C)C)COP(=O)(O)OC[C@@H](O)COP(=O)(O)OC[C@@H](COC(=O)CCCCCCCCC(C)CC)OC(=O)CCCCCCCCCCCCCC. The third-order valence-corrected chi connectivity index (χ3v) is 21.0. The van der Waals surface area contributed by atoms with Crippen molar-refractivity contribution in [2.75, 3.05) is 39.6 Å². The Bertz CT molecular complexity index is 1910. The summed E-state index contributed by atoms with van der Waals surface area (Å²) in [6.45, 7) is 9.61. The van der Waals surface area contributed by atoms with Crippen LogP contribution in [0.2, 0.25) is 0 Å². The number of aliphatic hydroxyl groups is 1. The highest BCUT2D eigenvalue weighted by Crippen LogP contribution is 2.45. The Hall–Kier alpha value is -1.94. The lowest BCUT2D eigenvalue weighted by Gasteiger charge is -2.21. The Labute approximate surface area is 607 Å². The van der Waals surface area contributed by atoms with Crippen molar-refractivity contribution in [3.05, 3.63) is 0 Å². The number of phosphoric ester groups is 2. The van der Waals surface area contributed by atoms with E-state index in [4.69, 9.17) is 37.0 Å². The molecule has 0 fully saturated rings. The molecule has 588 valence electrons. The Balaban J connectivity index is 5.22. The summed E-state index contributed by atoms with van der Waals surface area (Å²) < 4.78 is 68.7. The first kappa shape index (κ1) is 97.1. The third-order valence-electron chi connectivity index (χ3n) is 19.1. The maximum Gasteiger partial charge on any atom is 0.472 e. The van der Waals surface area contributed by atoms with Crippen molar-refractivity contribution < 1.29 is 80.2 Å². The van der Waals surface area contributed by atoms with E-state index >= 15 is 0 Å². The summed E-state index contributed by atoms with van der Waals surface area (Å²) in [4.78, 5) is 72.9. The van der Waals surface area contributed by atoms with Crippen molar-refractivity contribution in [2.24, 2.45) is 11.8 Å². The van der Waals surface area contributed by atoms with Crippen LogP contribution in [0.25, 0.3) is 0 Å². The molecular weight excluding hydrogens is 1290 g/mol. The van der Waals surface area contributed by atoms with Gasteiger partial charge in [0.2, 0.25) is 0 Å². The lowest BCUT2D eigenvalue weighted by molar-refractivity contribution is -0.161. The monoisotopic (exact) mass is 1450 g/mol. The molecule has 6 atom stereocenters. The van der Waals surface area contributed by atoms with Gasteiger partial charge in [0, 0.05) is 25.7 Å². The van der Waals surface area contributed by atoms with Gasteiger partial charge in [0.25, 0.3) is 0 Å². The van der Waals surface area contributed by atoms with Gasteiger partial charge in [0.15, 0.2) is 12.2 Å². The van der Waals surface area contributed by atoms with Gasteiger partial charge in [-0.25, -0.2) is 9.13 Å². The molecule has 0 amide bonds. The van der Waals surface area contributed by atoms with E-state index in [9.17, 15) is 43.2 Å².